The summed E-state index contributed by atoms with van der Waals surface area (Å²) in [5.74, 6) is 1.01. The number of carbonyl (C=O) groups excluding carboxylic acids is 5. The Morgan fingerprint density at radius 1 is 0.338 bits per heavy atom. The molecule has 0 aromatic heterocycles. The van der Waals surface area contributed by atoms with Crippen LogP contribution in [0.2, 0.25) is 0 Å². The van der Waals surface area contributed by atoms with E-state index in [9.17, 15) is 24.0 Å². The summed E-state index contributed by atoms with van der Waals surface area (Å²) in [6, 6.07) is 0. The van der Waals surface area contributed by atoms with E-state index in [0.717, 1.165) is 38.5 Å². The zero-order valence-electron chi connectivity index (χ0n) is 57.5. The van der Waals surface area contributed by atoms with Gasteiger partial charge in [0.2, 0.25) is 0 Å². The summed E-state index contributed by atoms with van der Waals surface area (Å²) in [5.41, 5.74) is -0.530. The van der Waals surface area contributed by atoms with Gasteiger partial charge in [0.15, 0.2) is 36.7 Å². The molecule has 5 unspecified atom stereocenters. The number of carbonyl (C=O) groups is 5. The van der Waals surface area contributed by atoms with Crippen LogP contribution >= 0.6 is 0 Å². The molecule has 0 N–H and O–H groups in total. The maximum Gasteiger partial charge on any atom is 0.169 e. The topological polar surface area (TPSA) is 159 Å². The molecule has 4 fully saturated rings. The normalized spacial score (nSPS) is 25.0. The van der Waals surface area contributed by atoms with Gasteiger partial charge in [-0.25, -0.2) is 0 Å². The molecule has 80 heavy (non-hydrogen) atoms. The second kappa shape index (κ2) is 30.9. The smallest absolute Gasteiger partial charge is 0.169 e. The van der Waals surface area contributed by atoms with E-state index >= 15 is 0 Å². The van der Waals surface area contributed by atoms with Crippen LogP contribution in [0, 0.1) is 71.9 Å². The van der Waals surface area contributed by atoms with Crippen LogP contribution in [0.25, 0.3) is 0 Å². The Morgan fingerprint density at radius 3 is 0.887 bits per heavy atom. The van der Waals surface area contributed by atoms with Crippen molar-refractivity contribution >= 4 is 28.9 Å². The molecule has 0 saturated carbocycles. The lowest BCUT2D eigenvalue weighted by Gasteiger charge is -2.34. The molecule has 0 spiro atoms. The van der Waals surface area contributed by atoms with E-state index in [1.807, 2.05) is 111 Å². The minimum Gasteiger partial charge on any atom is -0.352 e. The lowest BCUT2D eigenvalue weighted by Crippen LogP contribution is -2.41. The van der Waals surface area contributed by atoms with Crippen LogP contribution in [0.1, 0.15) is 253 Å². The molecule has 0 aromatic rings. The van der Waals surface area contributed by atoms with Crippen molar-refractivity contribution in [3.63, 3.8) is 0 Å². The minimum atomic E-state index is -0.382. The van der Waals surface area contributed by atoms with Gasteiger partial charge in [-0.2, -0.15) is 0 Å². The third kappa shape index (κ3) is 32.9. The monoisotopic (exact) mass is 1140 g/mol. The highest BCUT2D eigenvalue weighted by molar-refractivity contribution is 5.89. The summed E-state index contributed by atoms with van der Waals surface area (Å²) >= 11 is 0. The van der Waals surface area contributed by atoms with Crippen LogP contribution in [0.3, 0.4) is 0 Å². The van der Waals surface area contributed by atoms with Gasteiger partial charge in [0, 0.05) is 45.8 Å². The lowest BCUT2D eigenvalue weighted by atomic mass is 9.72. The molecule has 0 bridgehead atoms. The summed E-state index contributed by atoms with van der Waals surface area (Å²) in [5, 5.41) is 0. The van der Waals surface area contributed by atoms with Crippen molar-refractivity contribution in [3.8, 4) is 0 Å². The number of ether oxygens (including phenoxy) is 8. The Balaban J connectivity index is 0.000000981. The van der Waals surface area contributed by atoms with Gasteiger partial charge in [-0.05, 0) is 52.8 Å². The molecule has 13 heteroatoms. The molecule has 0 radical (unpaired) electrons. The summed E-state index contributed by atoms with van der Waals surface area (Å²) in [7, 11) is 0. The lowest BCUT2D eigenvalue weighted by molar-refractivity contribution is -0.212. The Labute approximate surface area is 491 Å². The van der Waals surface area contributed by atoms with Crippen molar-refractivity contribution in [3.05, 3.63) is 0 Å². The van der Waals surface area contributed by atoms with Crippen LogP contribution in [0.4, 0.5) is 0 Å². The van der Waals surface area contributed by atoms with Gasteiger partial charge in [0.05, 0.1) is 51.5 Å². The number of hydrogen-bond donors (Lipinski definition) is 0. The number of ketones is 5. The fourth-order valence-corrected chi connectivity index (χ4v) is 8.46. The van der Waals surface area contributed by atoms with Gasteiger partial charge in [-0.1, -0.05) is 215 Å². The van der Waals surface area contributed by atoms with Crippen molar-refractivity contribution in [2.24, 2.45) is 71.9 Å². The van der Waals surface area contributed by atoms with Gasteiger partial charge in [-0.15, -0.1) is 0 Å². The highest BCUT2D eigenvalue weighted by atomic mass is 16.7. The maximum absolute atomic E-state index is 12.1. The van der Waals surface area contributed by atoms with E-state index in [-0.39, 0.29) is 127 Å². The molecule has 4 saturated heterocycles. The van der Waals surface area contributed by atoms with Crippen molar-refractivity contribution in [1.29, 1.82) is 0 Å². The fourth-order valence-electron chi connectivity index (χ4n) is 8.46. The first kappa shape index (κ1) is 78.0. The molecule has 4 aliphatic heterocycles. The fraction of sp³-hybridized carbons (Fsp3) is 0.925. The summed E-state index contributed by atoms with van der Waals surface area (Å²) in [6.07, 6.45) is 4.08. The summed E-state index contributed by atoms with van der Waals surface area (Å²) < 4.78 is 45.0. The Hall–Kier alpha value is -1.97. The van der Waals surface area contributed by atoms with Crippen LogP contribution in [-0.4, -0.2) is 106 Å². The Morgan fingerprint density at radius 2 is 0.613 bits per heavy atom. The van der Waals surface area contributed by atoms with E-state index < -0.39 is 0 Å². The molecular weight excluding hydrogens is 1010 g/mol. The third-order valence-electron chi connectivity index (χ3n) is 14.0. The average molecular weight is 1140 g/mol. The first-order chi connectivity index (χ1) is 35.4. The zero-order valence-corrected chi connectivity index (χ0v) is 57.5. The maximum atomic E-state index is 12.1. The summed E-state index contributed by atoms with van der Waals surface area (Å²) in [4.78, 5) is 59.9. The molecule has 0 aromatic carbocycles. The molecule has 0 amide bonds. The van der Waals surface area contributed by atoms with Gasteiger partial charge in [-0.3, -0.25) is 24.0 Å². The number of rotatable bonds is 11. The van der Waals surface area contributed by atoms with E-state index in [2.05, 4.69) is 104 Å². The molecule has 4 aliphatic rings. The average Bonchev–Trinajstić information content (AvgIpc) is 3.94. The van der Waals surface area contributed by atoms with Gasteiger partial charge < -0.3 is 37.9 Å². The molecule has 5 atom stereocenters. The molecule has 0 aliphatic carbocycles. The highest BCUT2D eigenvalue weighted by Crippen LogP contribution is 2.35. The van der Waals surface area contributed by atoms with Crippen molar-refractivity contribution < 1.29 is 61.9 Å². The predicted molar refractivity (Wildman–Crippen MR) is 324 cm³/mol. The van der Waals surface area contributed by atoms with Crippen LogP contribution in [-0.2, 0) is 61.9 Å². The van der Waals surface area contributed by atoms with Crippen LogP contribution < -0.4 is 0 Å². The standard InChI is InChI=1S/C15H28O3.2C14H26O3.C13H24O3.C11H22O/c1-14(2,3)8-7-12-17-9-11(10-18-12)13(16)15(4,5)6;1-13(2,3)7-11-16-8-10(9-17-11)12(15)14(4,5)6;1-13(2,3)8-7-11-16-9-10(17-11)12(15)14(4,5)6;1-12(2,3)7-10-15-8-9(16-10)11(14)13(4,5)6;1-8(10(2,3)4)9(12)11(5,6)7/h11-12H,7-10H2,1-6H3;2*10-11H,7-9H2,1-6H3;9-10H,7-8H2,1-6H3;8H,1-7H3. The van der Waals surface area contributed by atoms with Crippen molar-refractivity contribution in [2.45, 2.75) is 291 Å². The Kier molecular flexibility index (Phi) is 30.1. The largest absolute Gasteiger partial charge is 0.352 e. The van der Waals surface area contributed by atoms with E-state index in [1.54, 1.807) is 0 Å². The zero-order chi connectivity index (χ0) is 63.2. The van der Waals surface area contributed by atoms with Crippen molar-refractivity contribution in [2.75, 3.05) is 39.6 Å². The minimum absolute atomic E-state index is 0.0877. The molecule has 4 heterocycles. The molecule has 472 valence electrons. The third-order valence-corrected chi connectivity index (χ3v) is 14.0. The number of hydrogen-bond acceptors (Lipinski definition) is 13. The van der Waals surface area contributed by atoms with Gasteiger partial charge in [0.1, 0.15) is 29.6 Å². The van der Waals surface area contributed by atoms with E-state index in [4.69, 9.17) is 37.9 Å². The molecular formula is C67H126O13. The summed E-state index contributed by atoms with van der Waals surface area (Å²) in [6.45, 7) is 66.4. The Bertz CT molecular complexity index is 1840. The highest BCUT2D eigenvalue weighted by Gasteiger charge is 2.41. The molecule has 13 nitrogen and oxygen atoms in total. The molecule has 4 rings (SSSR count). The second-order valence-corrected chi connectivity index (χ2v) is 34.2. The van der Waals surface area contributed by atoms with E-state index in [1.165, 1.54) is 0 Å². The van der Waals surface area contributed by atoms with Gasteiger partial charge in [0.25, 0.3) is 0 Å². The second-order valence-electron chi connectivity index (χ2n) is 34.2. The van der Waals surface area contributed by atoms with Crippen molar-refractivity contribution in [1.82, 2.24) is 0 Å². The quantitative estimate of drug-likeness (QED) is 0.193. The van der Waals surface area contributed by atoms with Gasteiger partial charge >= 0.3 is 0 Å². The first-order valence-electron chi connectivity index (χ1n) is 30.2. The predicted octanol–water partition coefficient (Wildman–Crippen LogP) is 15.7. The SMILES string of the molecule is CC(C(=O)C(C)(C)C)C(C)(C)C.CC(C)(C)CC1OCC(C(=O)C(C)(C)C)CO1.CC(C)(C)CC1OCC(C(=O)C(C)(C)C)O1.CC(C)(C)CCC1OCC(C(=O)C(C)(C)C)CO1.CC(C)(C)CCC1OCC(C(=O)C(C)(C)C)O1. The number of Topliss-reactive ketones (excluding diaryl/α,β-unsaturated/α-hetero) is 5. The van der Waals surface area contributed by atoms with E-state index in [0.29, 0.717) is 50.8 Å². The van der Waals surface area contributed by atoms with Crippen LogP contribution in [0.15, 0.2) is 0 Å². The van der Waals surface area contributed by atoms with Crippen LogP contribution in [0.5, 0.6) is 0 Å². The first-order valence-corrected chi connectivity index (χ1v) is 30.2.